The fraction of sp³-hybridized carbons (Fsp3) is 0.556. The van der Waals surface area contributed by atoms with Crippen LogP contribution in [0, 0.1) is 5.92 Å². The van der Waals surface area contributed by atoms with Gasteiger partial charge in [0.25, 0.3) is 5.89 Å². The Balaban J connectivity index is 1.52. The van der Waals surface area contributed by atoms with Crippen molar-refractivity contribution in [3.63, 3.8) is 0 Å². The number of ether oxygens (including phenoxy) is 1. The Kier molecular flexibility index (Phi) is 5.75. The van der Waals surface area contributed by atoms with Crippen molar-refractivity contribution in [1.82, 2.24) is 20.0 Å². The summed E-state index contributed by atoms with van der Waals surface area (Å²) in [7, 11) is 0. The van der Waals surface area contributed by atoms with Crippen LogP contribution in [-0.4, -0.2) is 45.1 Å². The van der Waals surface area contributed by atoms with E-state index >= 15 is 0 Å². The average Bonchev–Trinajstić information content (AvgIpc) is 3.09. The van der Waals surface area contributed by atoms with Crippen molar-refractivity contribution in [1.29, 1.82) is 0 Å². The summed E-state index contributed by atoms with van der Waals surface area (Å²) in [6.07, 6.45) is 5.88. The Morgan fingerprint density at radius 1 is 1.40 bits per heavy atom. The lowest BCUT2D eigenvalue weighted by atomic mass is 10.1. The summed E-state index contributed by atoms with van der Waals surface area (Å²) >= 11 is 0. The molecule has 0 N–H and O–H groups in total. The lowest BCUT2D eigenvalue weighted by Crippen LogP contribution is -2.43. The Hall–Kier alpha value is -2.28. The molecule has 1 amide bonds. The van der Waals surface area contributed by atoms with Crippen LogP contribution >= 0.6 is 0 Å². The third kappa shape index (κ3) is 4.85. The highest BCUT2D eigenvalue weighted by molar-refractivity contribution is 5.76. The summed E-state index contributed by atoms with van der Waals surface area (Å²) in [4.78, 5) is 22.4. The van der Waals surface area contributed by atoms with Gasteiger partial charge >= 0.3 is 0 Å². The molecule has 1 aliphatic heterocycles. The monoisotopic (exact) mass is 344 g/mol. The van der Waals surface area contributed by atoms with Gasteiger partial charge in [0.2, 0.25) is 5.91 Å². The van der Waals surface area contributed by atoms with Crippen LogP contribution in [0.5, 0.6) is 0 Å². The van der Waals surface area contributed by atoms with Crippen molar-refractivity contribution in [2.75, 3.05) is 13.1 Å². The maximum absolute atomic E-state index is 12.2. The van der Waals surface area contributed by atoms with Crippen LogP contribution in [0.2, 0.25) is 0 Å². The highest BCUT2D eigenvalue weighted by Gasteiger charge is 2.25. The van der Waals surface area contributed by atoms with E-state index in [2.05, 4.69) is 29.0 Å². The van der Waals surface area contributed by atoms with Gasteiger partial charge in [-0.1, -0.05) is 19.0 Å². The second-order valence-corrected chi connectivity index (χ2v) is 6.76. The Labute approximate surface area is 147 Å². The number of likely N-dealkylation sites (tertiary alicyclic amines) is 1. The molecule has 134 valence electrons. The van der Waals surface area contributed by atoms with Gasteiger partial charge in [-0.3, -0.25) is 9.78 Å². The van der Waals surface area contributed by atoms with Gasteiger partial charge in [0, 0.05) is 37.5 Å². The molecule has 1 saturated heterocycles. The van der Waals surface area contributed by atoms with Crippen LogP contribution < -0.4 is 0 Å². The standard InChI is InChI=1S/C18H24N4O3/c1-13(2)10-17(23)22-9-3-4-15(11-22)24-12-16-20-18(25-21-16)14-5-7-19-8-6-14/h5-8,13,15H,3-4,9-12H2,1-2H3. The molecule has 1 atom stereocenters. The summed E-state index contributed by atoms with van der Waals surface area (Å²) in [5, 5.41) is 3.96. The van der Waals surface area contributed by atoms with E-state index in [1.165, 1.54) is 0 Å². The zero-order valence-electron chi connectivity index (χ0n) is 14.7. The van der Waals surface area contributed by atoms with E-state index in [1.807, 2.05) is 17.0 Å². The minimum absolute atomic E-state index is 0.0211. The first-order valence-corrected chi connectivity index (χ1v) is 8.74. The molecule has 0 bridgehead atoms. The molecular weight excluding hydrogens is 320 g/mol. The molecule has 2 aromatic rings. The fourth-order valence-corrected chi connectivity index (χ4v) is 2.90. The van der Waals surface area contributed by atoms with E-state index < -0.39 is 0 Å². The molecule has 0 spiro atoms. The minimum Gasteiger partial charge on any atom is -0.368 e. The van der Waals surface area contributed by atoms with Gasteiger partial charge in [0.05, 0.1) is 6.10 Å². The number of rotatable bonds is 6. The first-order chi connectivity index (χ1) is 12.1. The van der Waals surface area contributed by atoms with E-state index in [0.717, 1.165) is 24.9 Å². The second kappa shape index (κ2) is 8.20. The van der Waals surface area contributed by atoms with E-state index in [0.29, 0.717) is 30.6 Å². The molecule has 2 aromatic heterocycles. The zero-order valence-corrected chi connectivity index (χ0v) is 14.7. The van der Waals surface area contributed by atoms with Crippen LogP contribution in [0.3, 0.4) is 0 Å². The quantitative estimate of drug-likeness (QED) is 0.801. The number of carbonyl (C=O) groups excluding carboxylic acids is 1. The topological polar surface area (TPSA) is 81.4 Å². The van der Waals surface area contributed by atoms with E-state index in [9.17, 15) is 4.79 Å². The van der Waals surface area contributed by atoms with Gasteiger partial charge in [-0.25, -0.2) is 0 Å². The van der Waals surface area contributed by atoms with E-state index in [-0.39, 0.29) is 18.6 Å². The van der Waals surface area contributed by atoms with Gasteiger partial charge in [0.15, 0.2) is 5.82 Å². The molecule has 1 unspecified atom stereocenters. The Morgan fingerprint density at radius 3 is 2.96 bits per heavy atom. The molecule has 3 heterocycles. The van der Waals surface area contributed by atoms with Gasteiger partial charge in [-0.05, 0) is 30.9 Å². The zero-order chi connectivity index (χ0) is 17.6. The van der Waals surface area contributed by atoms with Gasteiger partial charge in [-0.2, -0.15) is 4.98 Å². The van der Waals surface area contributed by atoms with Crippen molar-refractivity contribution in [2.45, 2.75) is 45.8 Å². The highest BCUT2D eigenvalue weighted by atomic mass is 16.5. The van der Waals surface area contributed by atoms with Crippen molar-refractivity contribution in [3.8, 4) is 11.5 Å². The molecule has 7 heteroatoms. The molecule has 0 aliphatic carbocycles. The summed E-state index contributed by atoms with van der Waals surface area (Å²) in [6, 6.07) is 3.63. The predicted octanol–water partition coefficient (Wildman–Crippen LogP) is 2.69. The van der Waals surface area contributed by atoms with Crippen molar-refractivity contribution in [3.05, 3.63) is 30.4 Å². The summed E-state index contributed by atoms with van der Waals surface area (Å²) < 4.78 is 11.2. The molecule has 3 rings (SSSR count). The number of nitrogens with zero attached hydrogens (tertiary/aromatic N) is 4. The van der Waals surface area contributed by atoms with Crippen LogP contribution in [0.25, 0.3) is 11.5 Å². The molecule has 1 fully saturated rings. The number of hydrogen-bond donors (Lipinski definition) is 0. The first-order valence-electron chi connectivity index (χ1n) is 8.74. The van der Waals surface area contributed by atoms with Gasteiger partial charge in [0.1, 0.15) is 6.61 Å². The molecule has 0 saturated carbocycles. The fourth-order valence-electron chi connectivity index (χ4n) is 2.90. The van der Waals surface area contributed by atoms with Crippen LogP contribution in [0.15, 0.2) is 29.0 Å². The Morgan fingerprint density at radius 2 is 2.20 bits per heavy atom. The highest BCUT2D eigenvalue weighted by Crippen LogP contribution is 2.19. The summed E-state index contributed by atoms with van der Waals surface area (Å²) in [5.74, 6) is 1.55. The molecular formula is C18H24N4O3. The maximum Gasteiger partial charge on any atom is 0.258 e. The smallest absolute Gasteiger partial charge is 0.258 e. The third-order valence-electron chi connectivity index (χ3n) is 4.16. The number of carbonyl (C=O) groups is 1. The molecule has 0 aromatic carbocycles. The van der Waals surface area contributed by atoms with Crippen LogP contribution in [0.4, 0.5) is 0 Å². The molecule has 7 nitrogen and oxygen atoms in total. The lowest BCUT2D eigenvalue weighted by molar-refractivity contribution is -0.136. The van der Waals surface area contributed by atoms with Crippen molar-refractivity contribution < 1.29 is 14.1 Å². The van der Waals surface area contributed by atoms with E-state index in [4.69, 9.17) is 9.26 Å². The largest absolute Gasteiger partial charge is 0.368 e. The van der Waals surface area contributed by atoms with Crippen molar-refractivity contribution in [2.24, 2.45) is 5.92 Å². The maximum atomic E-state index is 12.2. The summed E-state index contributed by atoms with van der Waals surface area (Å²) in [5.41, 5.74) is 0.830. The number of amides is 1. The number of aromatic nitrogens is 3. The third-order valence-corrected chi connectivity index (χ3v) is 4.16. The number of piperidine rings is 1. The first kappa shape index (κ1) is 17.5. The average molecular weight is 344 g/mol. The molecule has 0 radical (unpaired) electrons. The number of hydrogen-bond acceptors (Lipinski definition) is 6. The second-order valence-electron chi connectivity index (χ2n) is 6.76. The van der Waals surface area contributed by atoms with E-state index in [1.54, 1.807) is 12.4 Å². The van der Waals surface area contributed by atoms with Crippen LogP contribution in [0.1, 0.15) is 38.9 Å². The van der Waals surface area contributed by atoms with Gasteiger partial charge < -0.3 is 14.2 Å². The Bertz CT molecular complexity index is 687. The molecule has 25 heavy (non-hydrogen) atoms. The lowest BCUT2D eigenvalue weighted by Gasteiger charge is -2.33. The van der Waals surface area contributed by atoms with Gasteiger partial charge in [-0.15, -0.1) is 0 Å². The summed E-state index contributed by atoms with van der Waals surface area (Å²) in [6.45, 7) is 5.87. The minimum atomic E-state index is 0.0211. The number of pyridine rings is 1. The van der Waals surface area contributed by atoms with Crippen molar-refractivity contribution >= 4 is 5.91 Å². The predicted molar refractivity (Wildman–Crippen MR) is 91.4 cm³/mol. The SMILES string of the molecule is CC(C)CC(=O)N1CCCC(OCc2noc(-c3ccncc3)n2)C1. The van der Waals surface area contributed by atoms with Crippen LogP contribution in [-0.2, 0) is 16.1 Å². The normalized spacial score (nSPS) is 17.9. The molecule has 1 aliphatic rings.